The third-order valence-electron chi connectivity index (χ3n) is 1.42. The highest BCUT2D eigenvalue weighted by molar-refractivity contribution is 5.64. The molecule has 0 aliphatic rings. The Bertz CT molecular complexity index is 177. The van der Waals surface area contributed by atoms with Crippen LogP contribution in [0.2, 0.25) is 0 Å². The van der Waals surface area contributed by atoms with Crippen LogP contribution in [0.25, 0.3) is 0 Å². The van der Waals surface area contributed by atoms with Gasteiger partial charge in [-0.3, -0.25) is 0 Å². The maximum Gasteiger partial charge on any atom is 0.404 e. The number of amides is 1. The molecule has 0 saturated carbocycles. The fourth-order valence-corrected chi connectivity index (χ4v) is 0.803. The van der Waals surface area contributed by atoms with E-state index in [1.54, 1.807) is 0 Å². The van der Waals surface area contributed by atoms with Gasteiger partial charge in [0.15, 0.2) is 0 Å². The second-order valence-corrected chi connectivity index (χ2v) is 2.53. The van der Waals surface area contributed by atoms with Crippen LogP contribution in [0.3, 0.4) is 0 Å². The monoisotopic (exact) mass is 185 g/mol. The molecule has 0 radical (unpaired) electrons. The van der Waals surface area contributed by atoms with E-state index in [2.05, 4.69) is 16.1 Å². The molecule has 74 valence electrons. The Balaban J connectivity index is 2.92. The minimum Gasteiger partial charge on any atom is -0.448 e. The van der Waals surface area contributed by atoms with E-state index in [4.69, 9.17) is 11.0 Å². The topological polar surface area (TPSA) is 88.1 Å². The van der Waals surface area contributed by atoms with E-state index in [-0.39, 0.29) is 0 Å². The van der Waals surface area contributed by atoms with Crippen LogP contribution in [-0.2, 0) is 4.74 Å². The van der Waals surface area contributed by atoms with E-state index in [9.17, 15) is 4.79 Å². The van der Waals surface area contributed by atoms with Gasteiger partial charge in [0, 0.05) is 13.0 Å². The third-order valence-corrected chi connectivity index (χ3v) is 1.42. The van der Waals surface area contributed by atoms with E-state index in [1.165, 1.54) is 0 Å². The summed E-state index contributed by atoms with van der Waals surface area (Å²) in [5.41, 5.74) is 4.75. The van der Waals surface area contributed by atoms with Crippen LogP contribution < -0.4 is 11.1 Å². The summed E-state index contributed by atoms with van der Waals surface area (Å²) in [4.78, 5) is 10.1. The SMILES string of the molecule is N#CCCCCNCCOC(N)=O. The van der Waals surface area contributed by atoms with Crippen molar-refractivity contribution >= 4 is 6.09 Å². The number of primary amides is 1. The van der Waals surface area contributed by atoms with Crippen molar-refractivity contribution in [2.45, 2.75) is 19.3 Å². The third kappa shape index (κ3) is 10.7. The number of carbonyl (C=O) groups excluding carboxylic acids is 1. The molecule has 5 nitrogen and oxygen atoms in total. The Morgan fingerprint density at radius 3 is 2.85 bits per heavy atom. The van der Waals surface area contributed by atoms with Gasteiger partial charge in [-0.1, -0.05) is 0 Å². The van der Waals surface area contributed by atoms with Crippen LogP contribution in [0.15, 0.2) is 0 Å². The molecule has 0 aliphatic carbocycles. The molecule has 0 heterocycles. The average Bonchev–Trinajstić information content (AvgIpc) is 2.09. The highest BCUT2D eigenvalue weighted by atomic mass is 16.5. The molecule has 0 aromatic heterocycles. The van der Waals surface area contributed by atoms with Crippen LogP contribution in [-0.4, -0.2) is 25.8 Å². The highest BCUT2D eigenvalue weighted by Gasteiger charge is 1.92. The predicted octanol–water partition coefficient (Wildman–Crippen LogP) is 0.365. The van der Waals surface area contributed by atoms with Gasteiger partial charge in [0.1, 0.15) is 6.61 Å². The van der Waals surface area contributed by atoms with Gasteiger partial charge in [0.05, 0.1) is 6.07 Å². The minimum absolute atomic E-state index is 0.299. The van der Waals surface area contributed by atoms with Crippen LogP contribution >= 0.6 is 0 Å². The molecule has 0 aliphatic heterocycles. The molecule has 0 rings (SSSR count). The second-order valence-electron chi connectivity index (χ2n) is 2.53. The normalized spacial score (nSPS) is 9.15. The van der Waals surface area contributed by atoms with Gasteiger partial charge in [-0.15, -0.1) is 0 Å². The molecular weight excluding hydrogens is 170 g/mol. The first kappa shape index (κ1) is 11.7. The first-order valence-corrected chi connectivity index (χ1v) is 4.27. The maximum atomic E-state index is 10.1. The Hall–Kier alpha value is -1.28. The van der Waals surface area contributed by atoms with E-state index < -0.39 is 6.09 Å². The molecular formula is C8H15N3O2. The first-order chi connectivity index (χ1) is 6.27. The molecule has 0 aromatic carbocycles. The molecule has 3 N–H and O–H groups in total. The number of nitrogens with two attached hydrogens (primary N) is 1. The summed E-state index contributed by atoms with van der Waals surface area (Å²) in [5, 5.41) is 11.3. The van der Waals surface area contributed by atoms with Crippen molar-refractivity contribution in [2.75, 3.05) is 19.7 Å². The average molecular weight is 185 g/mol. The molecule has 0 spiro atoms. The van der Waals surface area contributed by atoms with Crippen molar-refractivity contribution in [1.82, 2.24) is 5.32 Å². The van der Waals surface area contributed by atoms with Gasteiger partial charge in [0.2, 0.25) is 0 Å². The van der Waals surface area contributed by atoms with Gasteiger partial charge in [0.25, 0.3) is 0 Å². The van der Waals surface area contributed by atoms with Crippen LogP contribution in [0.5, 0.6) is 0 Å². The highest BCUT2D eigenvalue weighted by Crippen LogP contribution is 1.90. The molecule has 0 aromatic rings. The van der Waals surface area contributed by atoms with Crippen molar-refractivity contribution in [3.05, 3.63) is 0 Å². The van der Waals surface area contributed by atoms with Gasteiger partial charge in [-0.2, -0.15) is 5.26 Å². The summed E-state index contributed by atoms with van der Waals surface area (Å²) >= 11 is 0. The smallest absolute Gasteiger partial charge is 0.404 e. The molecule has 0 fully saturated rings. The Morgan fingerprint density at radius 2 is 2.23 bits per heavy atom. The number of ether oxygens (including phenoxy) is 1. The lowest BCUT2D eigenvalue weighted by Crippen LogP contribution is -2.24. The molecule has 0 saturated heterocycles. The number of hydrogen-bond acceptors (Lipinski definition) is 4. The Kier molecular flexibility index (Phi) is 7.95. The lowest BCUT2D eigenvalue weighted by Gasteiger charge is -2.03. The number of hydrogen-bond donors (Lipinski definition) is 2. The summed E-state index contributed by atoms with van der Waals surface area (Å²) in [7, 11) is 0. The first-order valence-electron chi connectivity index (χ1n) is 4.27. The Morgan fingerprint density at radius 1 is 1.46 bits per heavy atom. The number of nitrogens with zero attached hydrogens (tertiary/aromatic N) is 1. The predicted molar refractivity (Wildman–Crippen MR) is 47.9 cm³/mol. The molecule has 0 bridgehead atoms. The zero-order valence-electron chi connectivity index (χ0n) is 7.58. The van der Waals surface area contributed by atoms with Crippen molar-refractivity contribution in [2.24, 2.45) is 5.73 Å². The summed E-state index contributed by atoms with van der Waals surface area (Å²) in [6.45, 7) is 1.74. The molecule has 5 heteroatoms. The largest absolute Gasteiger partial charge is 0.448 e. The van der Waals surface area contributed by atoms with Crippen LogP contribution in [0, 0.1) is 11.3 Å². The second kappa shape index (κ2) is 8.81. The van der Waals surface area contributed by atoms with E-state index in [0.717, 1.165) is 19.4 Å². The Labute approximate surface area is 77.9 Å². The molecule has 1 amide bonds. The van der Waals surface area contributed by atoms with Gasteiger partial charge < -0.3 is 15.8 Å². The minimum atomic E-state index is -0.744. The zero-order valence-corrected chi connectivity index (χ0v) is 7.58. The quantitative estimate of drug-likeness (QED) is 0.561. The number of rotatable bonds is 7. The molecule has 0 atom stereocenters. The fourth-order valence-electron chi connectivity index (χ4n) is 0.803. The number of carbonyl (C=O) groups is 1. The fraction of sp³-hybridized carbons (Fsp3) is 0.750. The van der Waals surface area contributed by atoms with Crippen molar-refractivity contribution in [3.63, 3.8) is 0 Å². The van der Waals surface area contributed by atoms with Crippen LogP contribution in [0.1, 0.15) is 19.3 Å². The van der Waals surface area contributed by atoms with Gasteiger partial charge in [-0.05, 0) is 19.4 Å². The van der Waals surface area contributed by atoms with E-state index in [0.29, 0.717) is 19.6 Å². The maximum absolute atomic E-state index is 10.1. The van der Waals surface area contributed by atoms with E-state index in [1.807, 2.05) is 0 Å². The number of nitrogens with one attached hydrogen (secondary N) is 1. The van der Waals surface area contributed by atoms with Gasteiger partial charge >= 0.3 is 6.09 Å². The van der Waals surface area contributed by atoms with Crippen molar-refractivity contribution in [3.8, 4) is 6.07 Å². The van der Waals surface area contributed by atoms with E-state index >= 15 is 0 Å². The number of nitriles is 1. The number of unbranched alkanes of at least 4 members (excludes halogenated alkanes) is 2. The lowest BCUT2D eigenvalue weighted by atomic mass is 10.2. The van der Waals surface area contributed by atoms with Crippen molar-refractivity contribution in [1.29, 1.82) is 5.26 Å². The lowest BCUT2D eigenvalue weighted by molar-refractivity contribution is 0.157. The molecule has 13 heavy (non-hydrogen) atoms. The summed E-state index contributed by atoms with van der Waals surface area (Å²) in [5.74, 6) is 0. The molecule has 0 unspecified atom stereocenters. The van der Waals surface area contributed by atoms with Gasteiger partial charge in [-0.25, -0.2) is 4.79 Å². The van der Waals surface area contributed by atoms with Crippen molar-refractivity contribution < 1.29 is 9.53 Å². The summed E-state index contributed by atoms with van der Waals surface area (Å²) < 4.78 is 4.49. The standard InChI is InChI=1S/C8H15N3O2/c9-4-2-1-3-5-11-6-7-13-8(10)12/h11H,1-3,5-7H2,(H2,10,12). The summed E-state index contributed by atoms with van der Waals surface area (Å²) in [6, 6.07) is 2.07. The van der Waals surface area contributed by atoms with Crippen LogP contribution in [0.4, 0.5) is 4.79 Å². The summed E-state index contributed by atoms with van der Waals surface area (Å²) in [6.07, 6.45) is 1.72. The zero-order chi connectivity index (χ0) is 9.94.